The van der Waals surface area contributed by atoms with Gasteiger partial charge in [0.25, 0.3) is 5.91 Å². The summed E-state index contributed by atoms with van der Waals surface area (Å²) in [5, 5.41) is 2.78. The molecule has 5 nitrogen and oxygen atoms in total. The number of hydrogen-bond donors (Lipinski definition) is 1. The molecule has 0 unspecified atom stereocenters. The first-order valence-corrected chi connectivity index (χ1v) is 7.19. The van der Waals surface area contributed by atoms with Crippen LogP contribution in [0.2, 0.25) is 0 Å². The Kier molecular flexibility index (Phi) is 5.77. The molecule has 0 saturated heterocycles. The predicted molar refractivity (Wildman–Crippen MR) is 83.8 cm³/mol. The van der Waals surface area contributed by atoms with Crippen LogP contribution in [0.4, 0.5) is 0 Å². The molecule has 1 aromatic heterocycles. The predicted octanol–water partition coefficient (Wildman–Crippen LogP) is 2.56. The Morgan fingerprint density at radius 2 is 1.95 bits per heavy atom. The quantitative estimate of drug-likeness (QED) is 0.853. The second-order valence-electron chi connectivity index (χ2n) is 5.05. The molecule has 1 aromatic carbocycles. The van der Waals surface area contributed by atoms with Gasteiger partial charge in [0.05, 0.1) is 6.10 Å². The number of carbonyl (C=O) groups is 1. The van der Waals surface area contributed by atoms with Gasteiger partial charge in [0.15, 0.2) is 6.61 Å². The normalized spacial score (nSPS) is 10.3. The van der Waals surface area contributed by atoms with Gasteiger partial charge < -0.3 is 14.8 Å². The molecule has 1 heterocycles. The molecule has 0 spiro atoms. The number of nitrogens with zero attached hydrogens (tertiary/aromatic N) is 1. The highest BCUT2D eigenvalue weighted by Gasteiger charge is 2.04. The lowest BCUT2D eigenvalue weighted by atomic mass is 10.3. The van der Waals surface area contributed by atoms with Crippen molar-refractivity contribution >= 4 is 5.91 Å². The van der Waals surface area contributed by atoms with E-state index in [4.69, 9.17) is 9.47 Å². The van der Waals surface area contributed by atoms with Crippen LogP contribution in [-0.4, -0.2) is 23.6 Å². The number of ether oxygens (including phenoxy) is 2. The number of hydrogen-bond acceptors (Lipinski definition) is 4. The van der Waals surface area contributed by atoms with Gasteiger partial charge in [-0.05, 0) is 31.5 Å². The lowest BCUT2D eigenvalue weighted by molar-refractivity contribution is -0.123. The summed E-state index contributed by atoms with van der Waals surface area (Å²) in [6, 6.07) is 12.9. The third kappa shape index (κ3) is 5.44. The van der Waals surface area contributed by atoms with E-state index in [0.717, 1.165) is 5.56 Å². The van der Waals surface area contributed by atoms with Crippen molar-refractivity contribution in [1.29, 1.82) is 0 Å². The zero-order chi connectivity index (χ0) is 15.8. The van der Waals surface area contributed by atoms with E-state index in [0.29, 0.717) is 18.2 Å². The third-order valence-corrected chi connectivity index (χ3v) is 2.76. The van der Waals surface area contributed by atoms with Crippen LogP contribution in [0.25, 0.3) is 0 Å². The van der Waals surface area contributed by atoms with Crippen molar-refractivity contribution in [2.45, 2.75) is 26.5 Å². The van der Waals surface area contributed by atoms with Crippen molar-refractivity contribution in [3.8, 4) is 11.6 Å². The van der Waals surface area contributed by atoms with Crippen LogP contribution in [0.3, 0.4) is 0 Å². The van der Waals surface area contributed by atoms with Crippen LogP contribution < -0.4 is 14.8 Å². The molecule has 22 heavy (non-hydrogen) atoms. The van der Waals surface area contributed by atoms with E-state index in [-0.39, 0.29) is 18.6 Å². The van der Waals surface area contributed by atoms with Crippen LogP contribution in [0, 0.1) is 0 Å². The molecule has 0 fully saturated rings. The van der Waals surface area contributed by atoms with Crippen molar-refractivity contribution in [3.63, 3.8) is 0 Å². The van der Waals surface area contributed by atoms with Crippen molar-refractivity contribution in [2.24, 2.45) is 0 Å². The molecule has 0 aliphatic heterocycles. The summed E-state index contributed by atoms with van der Waals surface area (Å²) in [4.78, 5) is 15.9. The summed E-state index contributed by atoms with van der Waals surface area (Å²) in [6.45, 7) is 4.29. The highest BCUT2D eigenvalue weighted by atomic mass is 16.5. The molecule has 0 bridgehead atoms. The lowest BCUT2D eigenvalue weighted by Crippen LogP contribution is -2.28. The molecule has 0 aliphatic carbocycles. The number of para-hydroxylation sites is 1. The summed E-state index contributed by atoms with van der Waals surface area (Å²) in [7, 11) is 0. The van der Waals surface area contributed by atoms with Crippen molar-refractivity contribution in [3.05, 3.63) is 54.2 Å². The molecule has 0 aliphatic rings. The molecule has 2 rings (SSSR count). The molecular weight excluding hydrogens is 280 g/mol. The smallest absolute Gasteiger partial charge is 0.258 e. The molecule has 0 radical (unpaired) electrons. The van der Waals surface area contributed by atoms with Crippen LogP contribution in [0.1, 0.15) is 19.4 Å². The second kappa shape index (κ2) is 8.02. The maximum atomic E-state index is 11.7. The second-order valence-corrected chi connectivity index (χ2v) is 5.05. The van der Waals surface area contributed by atoms with Crippen LogP contribution in [-0.2, 0) is 11.3 Å². The molecule has 0 saturated carbocycles. The zero-order valence-electron chi connectivity index (χ0n) is 12.8. The molecule has 5 heteroatoms. The standard InChI is InChI=1S/C17H20N2O3/c1-13(2)22-17-9-8-14(11-19-17)10-18-16(20)12-21-15-6-4-3-5-7-15/h3-9,11,13H,10,12H2,1-2H3,(H,18,20). The Morgan fingerprint density at radius 3 is 2.59 bits per heavy atom. The molecule has 2 aromatic rings. The maximum Gasteiger partial charge on any atom is 0.258 e. The van der Waals surface area contributed by atoms with E-state index in [9.17, 15) is 4.79 Å². The average molecular weight is 300 g/mol. The number of pyridine rings is 1. The molecule has 1 amide bonds. The first-order valence-electron chi connectivity index (χ1n) is 7.19. The Hall–Kier alpha value is -2.56. The number of benzene rings is 1. The van der Waals surface area contributed by atoms with Gasteiger partial charge in [-0.25, -0.2) is 4.98 Å². The maximum absolute atomic E-state index is 11.7. The minimum atomic E-state index is -0.175. The van der Waals surface area contributed by atoms with Crippen LogP contribution >= 0.6 is 0 Å². The highest BCUT2D eigenvalue weighted by Crippen LogP contribution is 2.10. The van der Waals surface area contributed by atoms with E-state index in [1.807, 2.05) is 50.2 Å². The monoisotopic (exact) mass is 300 g/mol. The fraction of sp³-hybridized carbons (Fsp3) is 0.294. The average Bonchev–Trinajstić information content (AvgIpc) is 2.53. The number of amides is 1. The van der Waals surface area contributed by atoms with Gasteiger partial charge in [-0.15, -0.1) is 0 Å². The van der Waals surface area contributed by atoms with E-state index in [1.165, 1.54) is 0 Å². The first kappa shape index (κ1) is 15.8. The Balaban J connectivity index is 1.74. The number of rotatable bonds is 7. The van der Waals surface area contributed by atoms with Gasteiger partial charge in [-0.1, -0.05) is 24.3 Å². The largest absolute Gasteiger partial charge is 0.484 e. The Bertz CT molecular complexity index is 583. The van der Waals surface area contributed by atoms with Gasteiger partial charge in [0.1, 0.15) is 5.75 Å². The van der Waals surface area contributed by atoms with Gasteiger partial charge in [-0.3, -0.25) is 4.79 Å². The fourth-order valence-corrected chi connectivity index (χ4v) is 1.74. The van der Waals surface area contributed by atoms with Crippen molar-refractivity contribution in [2.75, 3.05) is 6.61 Å². The fourth-order valence-electron chi connectivity index (χ4n) is 1.74. The minimum Gasteiger partial charge on any atom is -0.484 e. The number of carbonyl (C=O) groups excluding carboxylic acids is 1. The number of aromatic nitrogens is 1. The van der Waals surface area contributed by atoms with Crippen molar-refractivity contribution < 1.29 is 14.3 Å². The molecular formula is C17H20N2O3. The summed E-state index contributed by atoms with van der Waals surface area (Å²) in [6.07, 6.45) is 1.78. The Labute approximate surface area is 130 Å². The van der Waals surface area contributed by atoms with E-state index < -0.39 is 0 Å². The van der Waals surface area contributed by atoms with Crippen molar-refractivity contribution in [1.82, 2.24) is 10.3 Å². The zero-order valence-corrected chi connectivity index (χ0v) is 12.8. The van der Waals surface area contributed by atoms with Gasteiger partial charge in [0, 0.05) is 18.8 Å². The third-order valence-electron chi connectivity index (χ3n) is 2.76. The highest BCUT2D eigenvalue weighted by molar-refractivity contribution is 5.77. The van der Waals surface area contributed by atoms with Crippen LogP contribution in [0.5, 0.6) is 11.6 Å². The van der Waals surface area contributed by atoms with E-state index in [2.05, 4.69) is 10.3 Å². The van der Waals surface area contributed by atoms with E-state index >= 15 is 0 Å². The molecule has 1 N–H and O–H groups in total. The van der Waals surface area contributed by atoms with Gasteiger partial charge in [-0.2, -0.15) is 0 Å². The van der Waals surface area contributed by atoms with Crippen LogP contribution in [0.15, 0.2) is 48.7 Å². The summed E-state index contributed by atoms with van der Waals surface area (Å²) in [5.74, 6) is 1.08. The van der Waals surface area contributed by atoms with E-state index in [1.54, 1.807) is 12.3 Å². The van der Waals surface area contributed by atoms with Gasteiger partial charge >= 0.3 is 0 Å². The number of nitrogens with one attached hydrogen (secondary N) is 1. The summed E-state index contributed by atoms with van der Waals surface area (Å²) in [5.41, 5.74) is 0.907. The van der Waals surface area contributed by atoms with Gasteiger partial charge in [0.2, 0.25) is 5.88 Å². The molecule has 116 valence electrons. The minimum absolute atomic E-state index is 0.00795. The SMILES string of the molecule is CC(C)Oc1ccc(CNC(=O)COc2ccccc2)cn1. The Morgan fingerprint density at radius 1 is 1.18 bits per heavy atom. The lowest BCUT2D eigenvalue weighted by Gasteiger charge is -2.10. The summed E-state index contributed by atoms with van der Waals surface area (Å²) >= 11 is 0. The molecule has 0 atom stereocenters. The summed E-state index contributed by atoms with van der Waals surface area (Å²) < 4.78 is 10.8. The first-order chi connectivity index (χ1) is 10.6. The topological polar surface area (TPSA) is 60.5 Å².